The molecular formula is C8H16N2. The lowest BCUT2D eigenvalue weighted by Crippen LogP contribution is -2.04. The molecule has 0 saturated heterocycles. The third-order valence-electron chi connectivity index (χ3n) is 1.18. The Hall–Kier alpha value is -0.660. The molecule has 0 aliphatic carbocycles. The van der Waals surface area contributed by atoms with E-state index in [1.165, 1.54) is 0 Å². The van der Waals surface area contributed by atoms with Gasteiger partial charge in [-0.15, -0.1) is 0 Å². The maximum absolute atomic E-state index is 4.25. The summed E-state index contributed by atoms with van der Waals surface area (Å²) in [6.45, 7) is 10.6. The van der Waals surface area contributed by atoms with Gasteiger partial charge in [0.2, 0.25) is 0 Å². The van der Waals surface area contributed by atoms with Crippen LogP contribution in [0.5, 0.6) is 0 Å². The Morgan fingerprint density at radius 1 is 1.50 bits per heavy atom. The third-order valence-corrected chi connectivity index (χ3v) is 1.18. The molecule has 0 saturated carbocycles. The molecule has 10 heavy (non-hydrogen) atoms. The van der Waals surface area contributed by atoms with Gasteiger partial charge in [-0.05, 0) is 13.1 Å². The molecule has 0 aromatic heterocycles. The number of amidine groups is 1. The van der Waals surface area contributed by atoms with Crippen LogP contribution in [0.15, 0.2) is 9.98 Å². The first kappa shape index (κ1) is 9.34. The highest BCUT2D eigenvalue weighted by atomic mass is 14.9. The van der Waals surface area contributed by atoms with Gasteiger partial charge in [-0.2, -0.15) is 0 Å². The van der Waals surface area contributed by atoms with E-state index >= 15 is 0 Å². The van der Waals surface area contributed by atoms with Crippen LogP contribution in [0.2, 0.25) is 0 Å². The first-order chi connectivity index (χ1) is 4.72. The Morgan fingerprint density at radius 3 is 2.40 bits per heavy atom. The fourth-order valence-electron chi connectivity index (χ4n) is 0.642. The Balaban J connectivity index is 3.91. The van der Waals surface area contributed by atoms with Gasteiger partial charge in [-0.1, -0.05) is 20.8 Å². The fraction of sp³-hybridized carbons (Fsp3) is 0.750. The average molecular weight is 140 g/mol. The minimum absolute atomic E-state index is 0.407. The highest BCUT2D eigenvalue weighted by Gasteiger charge is 1.99. The molecule has 0 bridgehead atoms. The van der Waals surface area contributed by atoms with E-state index in [9.17, 15) is 0 Å². The number of nitrogens with zero attached hydrogens (tertiary/aromatic N) is 2. The maximum Gasteiger partial charge on any atom is 0.125 e. The van der Waals surface area contributed by atoms with Crippen molar-refractivity contribution in [1.82, 2.24) is 0 Å². The van der Waals surface area contributed by atoms with Crippen LogP contribution in [0.25, 0.3) is 0 Å². The predicted molar refractivity (Wildman–Crippen MR) is 47.0 cm³/mol. The second-order valence-corrected chi connectivity index (χ2v) is 2.55. The van der Waals surface area contributed by atoms with Crippen molar-refractivity contribution in [3.8, 4) is 0 Å². The highest BCUT2D eigenvalue weighted by Crippen LogP contribution is 1.98. The molecule has 0 radical (unpaired) electrons. The summed E-state index contributed by atoms with van der Waals surface area (Å²) in [7, 11) is 0. The van der Waals surface area contributed by atoms with E-state index in [0.717, 1.165) is 18.8 Å². The SMILES string of the molecule is C=NC(=NCCC)C(C)C. The second-order valence-electron chi connectivity index (χ2n) is 2.55. The molecule has 2 nitrogen and oxygen atoms in total. The minimum Gasteiger partial charge on any atom is -0.270 e. The maximum atomic E-state index is 4.25. The van der Waals surface area contributed by atoms with Gasteiger partial charge in [0.25, 0.3) is 0 Å². The number of rotatable bonds is 3. The molecule has 0 aliphatic rings. The lowest BCUT2D eigenvalue weighted by Gasteiger charge is -2.02. The predicted octanol–water partition coefficient (Wildman–Crippen LogP) is 2.15. The van der Waals surface area contributed by atoms with Crippen LogP contribution in [0, 0.1) is 5.92 Å². The van der Waals surface area contributed by atoms with E-state index in [1.807, 2.05) is 0 Å². The molecule has 0 spiro atoms. The topological polar surface area (TPSA) is 24.7 Å². The zero-order valence-electron chi connectivity index (χ0n) is 7.09. The summed E-state index contributed by atoms with van der Waals surface area (Å²) in [6, 6.07) is 0. The summed E-state index contributed by atoms with van der Waals surface area (Å²) in [5.74, 6) is 1.28. The largest absolute Gasteiger partial charge is 0.270 e. The standard InChI is InChI=1S/C8H16N2/c1-5-6-10-8(9-4)7(2)3/h7H,4-6H2,1-3H3. The molecule has 2 heteroatoms. The van der Waals surface area contributed by atoms with Crippen LogP contribution >= 0.6 is 0 Å². The first-order valence-electron chi connectivity index (χ1n) is 3.73. The van der Waals surface area contributed by atoms with Crippen LogP contribution in [0.3, 0.4) is 0 Å². The molecule has 0 atom stereocenters. The lowest BCUT2D eigenvalue weighted by atomic mass is 10.2. The molecule has 0 unspecified atom stereocenters. The van der Waals surface area contributed by atoms with Gasteiger partial charge >= 0.3 is 0 Å². The summed E-state index contributed by atoms with van der Waals surface area (Å²) < 4.78 is 0. The average Bonchev–Trinajstić information content (AvgIpc) is 1.89. The monoisotopic (exact) mass is 140 g/mol. The zero-order chi connectivity index (χ0) is 7.98. The molecule has 0 aromatic carbocycles. The van der Waals surface area contributed by atoms with Crippen LogP contribution in [-0.4, -0.2) is 19.1 Å². The minimum atomic E-state index is 0.407. The van der Waals surface area contributed by atoms with E-state index in [1.54, 1.807) is 0 Å². The van der Waals surface area contributed by atoms with E-state index in [2.05, 4.69) is 37.5 Å². The molecule has 0 fully saturated rings. The van der Waals surface area contributed by atoms with E-state index in [-0.39, 0.29) is 0 Å². The summed E-state index contributed by atoms with van der Waals surface area (Å²) in [5, 5.41) is 0. The Labute approximate surface area is 63.1 Å². The van der Waals surface area contributed by atoms with Gasteiger partial charge in [0, 0.05) is 12.5 Å². The summed E-state index contributed by atoms with van der Waals surface area (Å²) >= 11 is 0. The molecule has 0 amide bonds. The quantitative estimate of drug-likeness (QED) is 0.424. The van der Waals surface area contributed by atoms with Gasteiger partial charge in [0.1, 0.15) is 5.84 Å². The second kappa shape index (κ2) is 5.15. The van der Waals surface area contributed by atoms with Crippen molar-refractivity contribution in [3.05, 3.63) is 0 Å². The fourth-order valence-corrected chi connectivity index (χ4v) is 0.642. The molecular weight excluding hydrogens is 124 g/mol. The summed E-state index contributed by atoms with van der Waals surface area (Å²) in [4.78, 5) is 8.07. The highest BCUT2D eigenvalue weighted by molar-refractivity contribution is 5.87. The molecule has 0 heterocycles. The first-order valence-corrected chi connectivity index (χ1v) is 3.73. The Kier molecular flexibility index (Phi) is 4.81. The number of hydrogen-bond donors (Lipinski definition) is 0. The third kappa shape index (κ3) is 3.38. The van der Waals surface area contributed by atoms with Crippen molar-refractivity contribution in [2.24, 2.45) is 15.9 Å². The van der Waals surface area contributed by atoms with Crippen LogP contribution in [0.1, 0.15) is 27.2 Å². The van der Waals surface area contributed by atoms with Crippen LogP contribution in [-0.2, 0) is 0 Å². The van der Waals surface area contributed by atoms with Crippen molar-refractivity contribution in [1.29, 1.82) is 0 Å². The smallest absolute Gasteiger partial charge is 0.125 e. The van der Waals surface area contributed by atoms with Crippen LogP contribution < -0.4 is 0 Å². The van der Waals surface area contributed by atoms with Gasteiger partial charge < -0.3 is 0 Å². The van der Waals surface area contributed by atoms with Crippen molar-refractivity contribution < 1.29 is 0 Å². The molecule has 0 rings (SSSR count). The van der Waals surface area contributed by atoms with Crippen molar-refractivity contribution in [3.63, 3.8) is 0 Å². The number of hydrogen-bond acceptors (Lipinski definition) is 1. The summed E-state index contributed by atoms with van der Waals surface area (Å²) in [6.07, 6.45) is 1.08. The van der Waals surface area contributed by atoms with Crippen molar-refractivity contribution in [2.45, 2.75) is 27.2 Å². The molecule has 58 valence electrons. The van der Waals surface area contributed by atoms with Gasteiger partial charge in [-0.25, -0.2) is 4.99 Å². The Bertz CT molecular complexity index is 125. The number of aliphatic imine (C=N–C) groups is 2. The summed E-state index contributed by atoms with van der Waals surface area (Å²) in [5.41, 5.74) is 0. The van der Waals surface area contributed by atoms with Crippen LogP contribution in [0.4, 0.5) is 0 Å². The van der Waals surface area contributed by atoms with Gasteiger partial charge in [-0.3, -0.25) is 4.99 Å². The molecule has 0 aromatic rings. The Morgan fingerprint density at radius 2 is 2.10 bits per heavy atom. The van der Waals surface area contributed by atoms with Crippen molar-refractivity contribution in [2.75, 3.05) is 6.54 Å². The lowest BCUT2D eigenvalue weighted by molar-refractivity contribution is 0.842. The molecule has 0 aliphatic heterocycles. The molecule has 0 N–H and O–H groups in total. The zero-order valence-corrected chi connectivity index (χ0v) is 7.09. The van der Waals surface area contributed by atoms with E-state index < -0.39 is 0 Å². The van der Waals surface area contributed by atoms with Crippen molar-refractivity contribution >= 4 is 12.6 Å². The van der Waals surface area contributed by atoms with Gasteiger partial charge in [0.05, 0.1) is 0 Å². The van der Waals surface area contributed by atoms with Gasteiger partial charge in [0.15, 0.2) is 0 Å². The van der Waals surface area contributed by atoms with E-state index in [0.29, 0.717) is 5.92 Å². The van der Waals surface area contributed by atoms with E-state index in [4.69, 9.17) is 0 Å². The normalized spacial score (nSPS) is 12.2.